The number of rotatable bonds is 3. The van der Waals surface area contributed by atoms with Gasteiger partial charge >= 0.3 is 6.03 Å². The van der Waals surface area contributed by atoms with Crippen LogP contribution in [0, 0.1) is 5.92 Å². The van der Waals surface area contributed by atoms with Gasteiger partial charge in [0.15, 0.2) is 0 Å². The smallest absolute Gasteiger partial charge is 0.317 e. The average molecular weight is 267 g/mol. The first-order valence-corrected chi connectivity index (χ1v) is 7.93. The van der Waals surface area contributed by atoms with Crippen LogP contribution in [-0.4, -0.2) is 54.6 Å². The van der Waals surface area contributed by atoms with Gasteiger partial charge in [-0.05, 0) is 51.5 Å². The zero-order valence-corrected chi connectivity index (χ0v) is 12.5. The van der Waals surface area contributed by atoms with Gasteiger partial charge in [-0.25, -0.2) is 4.79 Å². The highest BCUT2D eigenvalue weighted by molar-refractivity contribution is 5.74. The van der Waals surface area contributed by atoms with E-state index in [2.05, 4.69) is 24.1 Å². The molecule has 2 saturated heterocycles. The predicted molar refractivity (Wildman–Crippen MR) is 78.3 cm³/mol. The summed E-state index contributed by atoms with van der Waals surface area (Å²) in [7, 11) is 0. The summed E-state index contributed by atoms with van der Waals surface area (Å²) in [6.07, 6.45) is 6.22. The first-order chi connectivity index (χ1) is 9.16. The molecule has 2 rings (SSSR count). The van der Waals surface area contributed by atoms with Gasteiger partial charge in [0.1, 0.15) is 0 Å². The second kappa shape index (κ2) is 7.13. The van der Waals surface area contributed by atoms with E-state index in [9.17, 15) is 4.79 Å². The van der Waals surface area contributed by atoms with Crippen molar-refractivity contribution in [1.29, 1.82) is 0 Å². The van der Waals surface area contributed by atoms with Crippen LogP contribution in [0.3, 0.4) is 0 Å². The van der Waals surface area contributed by atoms with E-state index in [1.807, 2.05) is 4.90 Å². The summed E-state index contributed by atoms with van der Waals surface area (Å²) in [6.45, 7) is 9.57. The van der Waals surface area contributed by atoms with Gasteiger partial charge in [-0.2, -0.15) is 0 Å². The molecule has 2 amide bonds. The maximum absolute atomic E-state index is 12.1. The lowest BCUT2D eigenvalue weighted by atomic mass is 10.0. The number of urea groups is 1. The molecule has 0 bridgehead atoms. The molecule has 0 aromatic heterocycles. The highest BCUT2D eigenvalue weighted by Crippen LogP contribution is 2.16. The molecule has 2 heterocycles. The molecule has 0 spiro atoms. The van der Waals surface area contributed by atoms with Crippen LogP contribution in [0.15, 0.2) is 0 Å². The molecule has 2 unspecified atom stereocenters. The summed E-state index contributed by atoms with van der Waals surface area (Å²) in [6, 6.07) is 0.543. The van der Waals surface area contributed by atoms with Gasteiger partial charge in [0, 0.05) is 32.2 Å². The van der Waals surface area contributed by atoms with Crippen LogP contribution in [-0.2, 0) is 0 Å². The molecular weight excluding hydrogens is 238 g/mol. The molecule has 4 nitrogen and oxygen atoms in total. The minimum absolute atomic E-state index is 0.136. The highest BCUT2D eigenvalue weighted by Gasteiger charge is 2.23. The molecule has 2 aliphatic rings. The van der Waals surface area contributed by atoms with Crippen molar-refractivity contribution in [3.63, 3.8) is 0 Å². The molecule has 2 fully saturated rings. The molecule has 2 atom stereocenters. The van der Waals surface area contributed by atoms with Crippen molar-refractivity contribution in [3.8, 4) is 0 Å². The first kappa shape index (κ1) is 14.6. The van der Waals surface area contributed by atoms with Gasteiger partial charge in [0.05, 0.1) is 0 Å². The van der Waals surface area contributed by atoms with Crippen molar-refractivity contribution in [2.75, 3.05) is 32.7 Å². The Balaban J connectivity index is 1.65. The number of piperidine rings is 2. The van der Waals surface area contributed by atoms with Crippen LogP contribution in [0.25, 0.3) is 0 Å². The van der Waals surface area contributed by atoms with E-state index in [0.717, 1.165) is 38.4 Å². The maximum atomic E-state index is 12.1. The number of likely N-dealkylation sites (tertiary alicyclic amines) is 2. The van der Waals surface area contributed by atoms with Gasteiger partial charge in [0.25, 0.3) is 0 Å². The van der Waals surface area contributed by atoms with Crippen LogP contribution in [0.1, 0.15) is 46.0 Å². The second-order valence-electron chi connectivity index (χ2n) is 6.32. The van der Waals surface area contributed by atoms with E-state index in [1.165, 1.54) is 32.4 Å². The molecule has 0 aromatic rings. The molecule has 0 radical (unpaired) electrons. The Hall–Kier alpha value is -0.770. The fourth-order valence-electron chi connectivity index (χ4n) is 3.31. The van der Waals surface area contributed by atoms with Crippen LogP contribution in [0.2, 0.25) is 0 Å². The average Bonchev–Trinajstić information content (AvgIpc) is 2.39. The van der Waals surface area contributed by atoms with Gasteiger partial charge < -0.3 is 15.1 Å². The molecular formula is C15H29N3O. The van der Waals surface area contributed by atoms with Crippen molar-refractivity contribution in [2.45, 2.75) is 52.0 Å². The van der Waals surface area contributed by atoms with E-state index in [1.54, 1.807) is 0 Å². The standard InChI is InChI=1S/C15H29N3O/c1-13-6-5-9-17(12-13)11-8-16-15(19)18-10-4-3-7-14(18)2/h13-14H,3-12H2,1-2H3,(H,16,19). The topological polar surface area (TPSA) is 35.6 Å². The van der Waals surface area contributed by atoms with Crippen molar-refractivity contribution in [3.05, 3.63) is 0 Å². The molecule has 2 aliphatic heterocycles. The zero-order valence-electron chi connectivity index (χ0n) is 12.5. The predicted octanol–water partition coefficient (Wildman–Crippen LogP) is 2.30. The van der Waals surface area contributed by atoms with Crippen molar-refractivity contribution < 1.29 is 4.79 Å². The summed E-state index contributed by atoms with van der Waals surface area (Å²) >= 11 is 0. The normalized spacial score (nSPS) is 29.3. The Morgan fingerprint density at radius 3 is 2.74 bits per heavy atom. The molecule has 0 aliphatic carbocycles. The lowest BCUT2D eigenvalue weighted by Crippen LogP contribution is -2.49. The van der Waals surface area contributed by atoms with E-state index < -0.39 is 0 Å². The molecule has 19 heavy (non-hydrogen) atoms. The fourth-order valence-corrected chi connectivity index (χ4v) is 3.31. The number of carbonyl (C=O) groups is 1. The van der Waals surface area contributed by atoms with Crippen LogP contribution in [0.4, 0.5) is 4.79 Å². The van der Waals surface area contributed by atoms with Gasteiger partial charge in [-0.3, -0.25) is 0 Å². The zero-order chi connectivity index (χ0) is 13.7. The van der Waals surface area contributed by atoms with Gasteiger partial charge in [-0.1, -0.05) is 6.92 Å². The summed E-state index contributed by atoms with van der Waals surface area (Å²) < 4.78 is 0. The number of hydrogen-bond acceptors (Lipinski definition) is 2. The first-order valence-electron chi connectivity index (χ1n) is 7.93. The largest absolute Gasteiger partial charge is 0.337 e. The van der Waals surface area contributed by atoms with Gasteiger partial charge in [0.2, 0.25) is 0 Å². The van der Waals surface area contributed by atoms with Crippen LogP contribution in [0.5, 0.6) is 0 Å². The Morgan fingerprint density at radius 1 is 1.16 bits per heavy atom. The summed E-state index contributed by atoms with van der Waals surface area (Å²) in [5.41, 5.74) is 0. The van der Waals surface area contributed by atoms with E-state index in [-0.39, 0.29) is 6.03 Å². The second-order valence-corrected chi connectivity index (χ2v) is 6.32. The third-order valence-corrected chi connectivity index (χ3v) is 4.51. The monoisotopic (exact) mass is 267 g/mol. The Morgan fingerprint density at radius 2 is 2.00 bits per heavy atom. The minimum atomic E-state index is 0.136. The maximum Gasteiger partial charge on any atom is 0.317 e. The Labute approximate surface area is 117 Å². The number of carbonyl (C=O) groups excluding carboxylic acids is 1. The quantitative estimate of drug-likeness (QED) is 0.851. The van der Waals surface area contributed by atoms with E-state index >= 15 is 0 Å². The van der Waals surface area contributed by atoms with Crippen LogP contribution < -0.4 is 5.32 Å². The third-order valence-electron chi connectivity index (χ3n) is 4.51. The van der Waals surface area contributed by atoms with E-state index in [0.29, 0.717) is 6.04 Å². The molecule has 0 aromatic carbocycles. The Kier molecular flexibility index (Phi) is 5.49. The van der Waals surface area contributed by atoms with E-state index in [4.69, 9.17) is 0 Å². The number of nitrogens with one attached hydrogen (secondary N) is 1. The lowest BCUT2D eigenvalue weighted by Gasteiger charge is -2.34. The molecule has 4 heteroatoms. The third kappa shape index (κ3) is 4.37. The summed E-state index contributed by atoms with van der Waals surface area (Å²) in [5.74, 6) is 0.812. The fraction of sp³-hybridized carbons (Fsp3) is 0.933. The number of amides is 2. The summed E-state index contributed by atoms with van der Waals surface area (Å²) in [4.78, 5) is 16.6. The lowest BCUT2D eigenvalue weighted by molar-refractivity contribution is 0.152. The molecule has 0 saturated carbocycles. The SMILES string of the molecule is CC1CCCN(CCNC(=O)N2CCCCC2C)C1. The van der Waals surface area contributed by atoms with Crippen molar-refractivity contribution >= 4 is 6.03 Å². The summed E-state index contributed by atoms with van der Waals surface area (Å²) in [5, 5.41) is 3.09. The highest BCUT2D eigenvalue weighted by atomic mass is 16.2. The van der Waals surface area contributed by atoms with Crippen molar-refractivity contribution in [1.82, 2.24) is 15.1 Å². The number of hydrogen-bond donors (Lipinski definition) is 1. The molecule has 110 valence electrons. The van der Waals surface area contributed by atoms with Gasteiger partial charge in [-0.15, -0.1) is 0 Å². The number of nitrogens with zero attached hydrogens (tertiary/aromatic N) is 2. The van der Waals surface area contributed by atoms with Crippen molar-refractivity contribution in [2.24, 2.45) is 5.92 Å². The molecule has 1 N–H and O–H groups in total. The minimum Gasteiger partial charge on any atom is -0.337 e. The van der Waals surface area contributed by atoms with Crippen LogP contribution >= 0.6 is 0 Å². The Bertz CT molecular complexity index is 295.